The van der Waals surface area contributed by atoms with Crippen molar-refractivity contribution < 1.29 is 9.53 Å². The highest BCUT2D eigenvalue weighted by Crippen LogP contribution is 2.23. The molecule has 121 valence electrons. The smallest absolute Gasteiger partial charge is 0.407 e. The van der Waals surface area contributed by atoms with E-state index in [0.717, 1.165) is 36.1 Å². The van der Waals surface area contributed by atoms with Crippen molar-refractivity contribution in [3.05, 3.63) is 36.5 Å². The molecule has 0 aliphatic carbocycles. The quantitative estimate of drug-likeness (QED) is 0.925. The van der Waals surface area contributed by atoms with Gasteiger partial charge in [0.2, 0.25) is 0 Å². The van der Waals surface area contributed by atoms with Crippen molar-refractivity contribution in [3.63, 3.8) is 0 Å². The molecule has 1 aliphatic heterocycles. The zero-order chi connectivity index (χ0) is 16.4. The average Bonchev–Trinajstić information content (AvgIpc) is 2.93. The molecule has 1 aromatic heterocycles. The average molecular weight is 312 g/mol. The molecule has 2 aromatic rings. The normalized spacial score (nSPS) is 18.2. The first-order chi connectivity index (χ1) is 10.9. The maximum atomic E-state index is 11.9. The van der Waals surface area contributed by atoms with E-state index in [1.807, 2.05) is 45.2 Å². The summed E-state index contributed by atoms with van der Waals surface area (Å²) in [5, 5.41) is 4.02. The molecule has 1 fully saturated rings. The lowest BCUT2D eigenvalue weighted by atomic mass is 10.2. The third-order valence-electron chi connectivity index (χ3n) is 3.79. The van der Waals surface area contributed by atoms with Gasteiger partial charge in [0.05, 0.1) is 23.4 Å². The molecule has 1 atom stereocenters. The summed E-state index contributed by atoms with van der Waals surface area (Å²) >= 11 is 0. The summed E-state index contributed by atoms with van der Waals surface area (Å²) in [6.45, 7) is 7.26. The molecule has 0 spiro atoms. The van der Waals surface area contributed by atoms with Gasteiger partial charge in [-0.25, -0.2) is 4.79 Å². The maximum absolute atomic E-state index is 11.9. The van der Waals surface area contributed by atoms with Crippen LogP contribution >= 0.6 is 0 Å². The topological polar surface area (TPSA) is 54.5 Å². The van der Waals surface area contributed by atoms with E-state index in [0.29, 0.717) is 0 Å². The fraction of sp³-hybridized carbons (Fsp3) is 0.444. The highest BCUT2D eigenvalue weighted by atomic mass is 16.6. The van der Waals surface area contributed by atoms with Crippen LogP contribution in [0, 0.1) is 6.07 Å². The molecule has 1 saturated heterocycles. The number of carbonyl (C=O) groups excluding carboxylic acids is 1. The SMILES string of the molecule is CC(C)(C)OC(=O)NC1CCN(c2cnc3cc[c]cc3c2)C1. The lowest BCUT2D eigenvalue weighted by Crippen LogP contribution is -2.40. The number of fused-ring (bicyclic) bond motifs is 1. The molecule has 0 saturated carbocycles. The Morgan fingerprint density at radius 3 is 3.09 bits per heavy atom. The van der Waals surface area contributed by atoms with E-state index >= 15 is 0 Å². The Hall–Kier alpha value is -2.30. The first-order valence-corrected chi connectivity index (χ1v) is 7.91. The van der Waals surface area contributed by atoms with Crippen LogP contribution in [-0.4, -0.2) is 35.8 Å². The van der Waals surface area contributed by atoms with Crippen LogP contribution in [-0.2, 0) is 4.74 Å². The van der Waals surface area contributed by atoms with Crippen LogP contribution in [0.1, 0.15) is 27.2 Å². The predicted octanol–water partition coefficient (Wildman–Crippen LogP) is 3.14. The van der Waals surface area contributed by atoms with Gasteiger partial charge in [-0.3, -0.25) is 4.98 Å². The Bertz CT molecular complexity index is 709. The highest BCUT2D eigenvalue weighted by Gasteiger charge is 2.26. The number of nitrogens with one attached hydrogen (secondary N) is 1. The number of alkyl carbamates (subject to hydrolysis) is 1. The van der Waals surface area contributed by atoms with Crippen molar-refractivity contribution in [1.82, 2.24) is 10.3 Å². The zero-order valence-electron chi connectivity index (χ0n) is 13.8. The van der Waals surface area contributed by atoms with Crippen LogP contribution in [0.4, 0.5) is 10.5 Å². The summed E-state index contributed by atoms with van der Waals surface area (Å²) in [5.41, 5.74) is 1.57. The Balaban J connectivity index is 1.63. The van der Waals surface area contributed by atoms with Gasteiger partial charge in [-0.05, 0) is 51.5 Å². The summed E-state index contributed by atoms with van der Waals surface area (Å²) in [6, 6.07) is 11.1. The summed E-state index contributed by atoms with van der Waals surface area (Å²) < 4.78 is 5.31. The zero-order valence-corrected chi connectivity index (χ0v) is 13.8. The number of anilines is 1. The molecule has 1 amide bonds. The Kier molecular flexibility index (Phi) is 4.11. The molecule has 1 aliphatic rings. The van der Waals surface area contributed by atoms with Gasteiger partial charge in [0.1, 0.15) is 5.60 Å². The molecule has 23 heavy (non-hydrogen) atoms. The third kappa shape index (κ3) is 3.92. The molecule has 1 aromatic carbocycles. The van der Waals surface area contributed by atoms with Gasteiger partial charge in [-0.1, -0.05) is 6.07 Å². The Labute approximate surface area is 136 Å². The number of benzene rings is 1. The minimum absolute atomic E-state index is 0.0999. The maximum Gasteiger partial charge on any atom is 0.407 e. The summed E-state index contributed by atoms with van der Waals surface area (Å²) in [7, 11) is 0. The third-order valence-corrected chi connectivity index (χ3v) is 3.79. The fourth-order valence-corrected chi connectivity index (χ4v) is 2.76. The van der Waals surface area contributed by atoms with E-state index in [2.05, 4.69) is 27.3 Å². The van der Waals surface area contributed by atoms with E-state index in [4.69, 9.17) is 4.74 Å². The van der Waals surface area contributed by atoms with Crippen molar-refractivity contribution in [3.8, 4) is 0 Å². The van der Waals surface area contributed by atoms with Gasteiger partial charge in [-0.2, -0.15) is 0 Å². The van der Waals surface area contributed by atoms with Crippen molar-refractivity contribution in [2.75, 3.05) is 18.0 Å². The number of pyridine rings is 1. The largest absolute Gasteiger partial charge is 0.444 e. The minimum Gasteiger partial charge on any atom is -0.444 e. The van der Waals surface area contributed by atoms with Crippen LogP contribution in [0.3, 0.4) is 0 Å². The van der Waals surface area contributed by atoms with Gasteiger partial charge in [-0.15, -0.1) is 0 Å². The molecule has 1 radical (unpaired) electrons. The number of rotatable bonds is 2. The lowest BCUT2D eigenvalue weighted by molar-refractivity contribution is 0.0509. The minimum atomic E-state index is -0.471. The van der Waals surface area contributed by atoms with Crippen molar-refractivity contribution in [2.24, 2.45) is 0 Å². The van der Waals surface area contributed by atoms with E-state index in [1.54, 1.807) is 0 Å². The lowest BCUT2D eigenvalue weighted by Gasteiger charge is -2.22. The second-order valence-corrected chi connectivity index (χ2v) is 6.89. The highest BCUT2D eigenvalue weighted by molar-refractivity contribution is 5.81. The van der Waals surface area contributed by atoms with E-state index in [1.165, 1.54) is 0 Å². The van der Waals surface area contributed by atoms with E-state index in [9.17, 15) is 4.79 Å². The summed E-state index contributed by atoms with van der Waals surface area (Å²) in [4.78, 5) is 18.6. The predicted molar refractivity (Wildman–Crippen MR) is 90.6 cm³/mol. The monoisotopic (exact) mass is 312 g/mol. The molecule has 5 heteroatoms. The fourth-order valence-electron chi connectivity index (χ4n) is 2.76. The molecule has 1 unspecified atom stereocenters. The standard InChI is InChI=1S/C18H22N3O2/c1-18(2,3)23-17(22)20-14-8-9-21(12-14)15-10-13-6-4-5-7-16(13)19-11-15/h5-7,10-11,14H,8-9,12H2,1-3H3,(H,20,22). The summed E-state index contributed by atoms with van der Waals surface area (Å²) in [6.07, 6.45) is 2.44. The number of ether oxygens (including phenoxy) is 1. The first kappa shape index (κ1) is 15.6. The second kappa shape index (κ2) is 6.07. The van der Waals surface area contributed by atoms with Gasteiger partial charge >= 0.3 is 6.09 Å². The van der Waals surface area contributed by atoms with Crippen LogP contribution in [0.5, 0.6) is 0 Å². The Morgan fingerprint density at radius 1 is 1.48 bits per heavy atom. The molecule has 0 bridgehead atoms. The second-order valence-electron chi connectivity index (χ2n) is 6.89. The van der Waals surface area contributed by atoms with Crippen LogP contribution in [0.25, 0.3) is 10.9 Å². The number of amides is 1. The van der Waals surface area contributed by atoms with Crippen LogP contribution < -0.4 is 10.2 Å². The van der Waals surface area contributed by atoms with Gasteiger partial charge in [0.15, 0.2) is 0 Å². The van der Waals surface area contributed by atoms with E-state index in [-0.39, 0.29) is 12.1 Å². The number of aromatic nitrogens is 1. The van der Waals surface area contributed by atoms with E-state index < -0.39 is 5.60 Å². The Morgan fingerprint density at radius 2 is 2.30 bits per heavy atom. The molecular weight excluding hydrogens is 290 g/mol. The van der Waals surface area contributed by atoms with Crippen molar-refractivity contribution in [2.45, 2.75) is 38.8 Å². The molecule has 1 N–H and O–H groups in total. The van der Waals surface area contributed by atoms with Gasteiger partial charge < -0.3 is 15.0 Å². The van der Waals surface area contributed by atoms with Crippen LogP contribution in [0.15, 0.2) is 30.5 Å². The van der Waals surface area contributed by atoms with Gasteiger partial charge in [0, 0.05) is 18.5 Å². The van der Waals surface area contributed by atoms with Crippen LogP contribution in [0.2, 0.25) is 0 Å². The number of carbonyl (C=O) groups is 1. The molecule has 3 rings (SSSR count). The molecule has 5 nitrogen and oxygen atoms in total. The number of nitrogens with zero attached hydrogens (tertiary/aromatic N) is 2. The van der Waals surface area contributed by atoms with Crippen molar-refractivity contribution >= 4 is 22.7 Å². The first-order valence-electron chi connectivity index (χ1n) is 7.91. The summed E-state index contributed by atoms with van der Waals surface area (Å²) in [5.74, 6) is 0. The van der Waals surface area contributed by atoms with Gasteiger partial charge in [0.25, 0.3) is 0 Å². The molecular formula is C18H22N3O2. The van der Waals surface area contributed by atoms with Crippen molar-refractivity contribution in [1.29, 1.82) is 0 Å². The number of hydrogen-bond donors (Lipinski definition) is 1. The molecule has 2 heterocycles. The number of hydrogen-bond acceptors (Lipinski definition) is 4.